The SMILES string of the molecule is COC1C(OC(C)=O)[C@H](OC(C)=O)C(COC(C)=O)O[C@H]1OC(C)=O. The molecule has 142 valence electrons. The van der Waals surface area contributed by atoms with Crippen LogP contribution >= 0.6 is 0 Å². The van der Waals surface area contributed by atoms with Crippen LogP contribution in [0.25, 0.3) is 0 Å². The van der Waals surface area contributed by atoms with Gasteiger partial charge in [-0.3, -0.25) is 19.2 Å². The monoisotopic (exact) mass is 362 g/mol. The molecule has 1 heterocycles. The molecule has 1 aliphatic rings. The molecule has 10 nitrogen and oxygen atoms in total. The first-order chi connectivity index (χ1) is 11.6. The lowest BCUT2D eigenvalue weighted by Gasteiger charge is -2.43. The summed E-state index contributed by atoms with van der Waals surface area (Å²) in [6, 6.07) is 0. The lowest BCUT2D eigenvalue weighted by atomic mass is 9.98. The summed E-state index contributed by atoms with van der Waals surface area (Å²) in [5, 5.41) is 0. The summed E-state index contributed by atoms with van der Waals surface area (Å²) in [6.07, 6.45) is -5.60. The van der Waals surface area contributed by atoms with Crippen molar-refractivity contribution in [2.75, 3.05) is 13.7 Å². The Morgan fingerprint density at radius 1 is 0.760 bits per heavy atom. The molecule has 0 amide bonds. The second kappa shape index (κ2) is 9.33. The Balaban J connectivity index is 3.16. The van der Waals surface area contributed by atoms with Crippen molar-refractivity contribution in [3.8, 4) is 0 Å². The van der Waals surface area contributed by atoms with Crippen molar-refractivity contribution in [1.29, 1.82) is 0 Å². The van der Waals surface area contributed by atoms with Crippen LogP contribution in [0.1, 0.15) is 27.7 Å². The molecule has 1 saturated heterocycles. The Hall–Kier alpha value is -2.20. The fourth-order valence-corrected chi connectivity index (χ4v) is 2.38. The summed E-state index contributed by atoms with van der Waals surface area (Å²) in [5.74, 6) is -2.59. The molecule has 0 radical (unpaired) electrons. The van der Waals surface area contributed by atoms with Crippen LogP contribution in [0.15, 0.2) is 0 Å². The summed E-state index contributed by atoms with van der Waals surface area (Å²) < 4.78 is 31.1. The third-order valence-corrected chi connectivity index (χ3v) is 3.20. The average Bonchev–Trinajstić information content (AvgIpc) is 2.46. The molecule has 3 unspecified atom stereocenters. The number of rotatable bonds is 6. The van der Waals surface area contributed by atoms with E-state index in [1.807, 2.05) is 0 Å². The second-order valence-corrected chi connectivity index (χ2v) is 5.30. The van der Waals surface area contributed by atoms with Gasteiger partial charge in [-0.2, -0.15) is 0 Å². The Bertz CT molecular complexity index is 516. The van der Waals surface area contributed by atoms with E-state index in [2.05, 4.69) is 0 Å². The summed E-state index contributed by atoms with van der Waals surface area (Å²) in [5.41, 5.74) is 0. The second-order valence-electron chi connectivity index (χ2n) is 5.30. The number of esters is 4. The van der Waals surface area contributed by atoms with Gasteiger partial charge in [-0.1, -0.05) is 0 Å². The molecule has 0 aromatic heterocycles. The van der Waals surface area contributed by atoms with Gasteiger partial charge < -0.3 is 28.4 Å². The topological polar surface area (TPSA) is 124 Å². The van der Waals surface area contributed by atoms with Crippen LogP contribution in [0, 0.1) is 0 Å². The molecule has 0 N–H and O–H groups in total. The van der Waals surface area contributed by atoms with Crippen molar-refractivity contribution in [3.63, 3.8) is 0 Å². The Labute approximate surface area is 144 Å². The van der Waals surface area contributed by atoms with Gasteiger partial charge >= 0.3 is 23.9 Å². The summed E-state index contributed by atoms with van der Waals surface area (Å²) in [4.78, 5) is 45.3. The minimum Gasteiger partial charge on any atom is -0.463 e. The third kappa shape index (κ3) is 6.31. The molecule has 5 atom stereocenters. The first-order valence-electron chi connectivity index (χ1n) is 7.49. The van der Waals surface area contributed by atoms with E-state index in [-0.39, 0.29) is 6.61 Å². The van der Waals surface area contributed by atoms with Gasteiger partial charge in [-0.05, 0) is 0 Å². The predicted octanol–water partition coefficient (Wildman–Crippen LogP) is -0.284. The normalized spacial score (nSPS) is 28.6. The summed E-state index contributed by atoms with van der Waals surface area (Å²) >= 11 is 0. The van der Waals surface area contributed by atoms with Crippen molar-refractivity contribution in [1.82, 2.24) is 0 Å². The maximum atomic E-state index is 11.5. The summed E-state index contributed by atoms with van der Waals surface area (Å²) in [6.45, 7) is 4.37. The van der Waals surface area contributed by atoms with Gasteiger partial charge in [-0.25, -0.2) is 0 Å². The number of hydrogen-bond acceptors (Lipinski definition) is 10. The van der Waals surface area contributed by atoms with E-state index in [1.165, 1.54) is 14.0 Å². The van der Waals surface area contributed by atoms with Gasteiger partial charge in [0.1, 0.15) is 12.7 Å². The molecule has 0 aromatic carbocycles. The number of ether oxygens (including phenoxy) is 6. The molecule has 0 saturated carbocycles. The van der Waals surface area contributed by atoms with Crippen LogP contribution in [0.5, 0.6) is 0 Å². The lowest BCUT2D eigenvalue weighted by molar-refractivity contribution is -0.301. The fourth-order valence-electron chi connectivity index (χ4n) is 2.38. The van der Waals surface area contributed by atoms with Crippen molar-refractivity contribution >= 4 is 23.9 Å². The van der Waals surface area contributed by atoms with Gasteiger partial charge in [0, 0.05) is 34.8 Å². The number of carbonyl (C=O) groups excluding carboxylic acids is 4. The maximum absolute atomic E-state index is 11.5. The van der Waals surface area contributed by atoms with Crippen LogP contribution in [0.4, 0.5) is 0 Å². The maximum Gasteiger partial charge on any atom is 0.305 e. The largest absolute Gasteiger partial charge is 0.463 e. The molecule has 0 bridgehead atoms. The third-order valence-electron chi connectivity index (χ3n) is 3.20. The van der Waals surface area contributed by atoms with Crippen LogP contribution < -0.4 is 0 Å². The highest BCUT2D eigenvalue weighted by atomic mass is 16.7. The first kappa shape index (κ1) is 20.8. The molecule has 0 aliphatic carbocycles. The van der Waals surface area contributed by atoms with Crippen molar-refractivity contribution in [2.45, 2.75) is 58.4 Å². The highest BCUT2D eigenvalue weighted by Gasteiger charge is 2.52. The smallest absolute Gasteiger partial charge is 0.305 e. The quantitative estimate of drug-likeness (QED) is 0.460. The highest BCUT2D eigenvalue weighted by molar-refractivity contribution is 5.68. The average molecular weight is 362 g/mol. The lowest BCUT2D eigenvalue weighted by Crippen LogP contribution is -2.62. The molecule has 1 fully saturated rings. The van der Waals surface area contributed by atoms with Crippen LogP contribution in [-0.2, 0) is 47.6 Å². The molecule has 25 heavy (non-hydrogen) atoms. The zero-order valence-electron chi connectivity index (χ0n) is 14.7. The van der Waals surface area contributed by atoms with E-state index in [0.29, 0.717) is 0 Å². The molecule has 0 aromatic rings. The minimum absolute atomic E-state index is 0.306. The van der Waals surface area contributed by atoms with Gasteiger partial charge in [0.2, 0.25) is 6.29 Å². The Morgan fingerprint density at radius 2 is 1.28 bits per heavy atom. The molecule has 0 spiro atoms. The Morgan fingerprint density at radius 3 is 1.72 bits per heavy atom. The van der Waals surface area contributed by atoms with Gasteiger partial charge in [0.15, 0.2) is 18.3 Å². The van der Waals surface area contributed by atoms with Crippen molar-refractivity contribution in [2.24, 2.45) is 0 Å². The van der Waals surface area contributed by atoms with Crippen LogP contribution in [-0.4, -0.2) is 68.3 Å². The molecular weight excluding hydrogens is 340 g/mol. The van der Waals surface area contributed by atoms with E-state index in [9.17, 15) is 19.2 Å². The van der Waals surface area contributed by atoms with E-state index in [1.54, 1.807) is 0 Å². The van der Waals surface area contributed by atoms with E-state index >= 15 is 0 Å². The van der Waals surface area contributed by atoms with E-state index in [4.69, 9.17) is 28.4 Å². The number of methoxy groups -OCH3 is 1. The molecule has 10 heteroatoms. The number of hydrogen-bond donors (Lipinski definition) is 0. The minimum atomic E-state index is -1.25. The van der Waals surface area contributed by atoms with Gasteiger partial charge in [0.05, 0.1) is 0 Å². The standard InChI is InChI=1S/C15H22O10/c1-7(16)21-6-11-12(22-8(2)17)13(23-9(3)18)14(20-5)15(25-11)24-10(4)19/h11-15H,6H2,1-5H3/t11?,12-,13?,14?,15-/m1/s1. The van der Waals surface area contributed by atoms with Gasteiger partial charge in [-0.15, -0.1) is 0 Å². The van der Waals surface area contributed by atoms with Crippen molar-refractivity contribution < 1.29 is 47.6 Å². The van der Waals surface area contributed by atoms with Gasteiger partial charge in [0.25, 0.3) is 0 Å². The molecule has 1 rings (SSSR count). The Kier molecular flexibility index (Phi) is 7.78. The first-order valence-corrected chi connectivity index (χ1v) is 7.49. The van der Waals surface area contributed by atoms with Crippen LogP contribution in [0.2, 0.25) is 0 Å². The zero-order valence-corrected chi connectivity index (χ0v) is 14.7. The predicted molar refractivity (Wildman–Crippen MR) is 79.0 cm³/mol. The summed E-state index contributed by atoms with van der Waals surface area (Å²) in [7, 11) is 1.29. The number of carbonyl (C=O) groups is 4. The highest BCUT2D eigenvalue weighted by Crippen LogP contribution is 2.29. The fraction of sp³-hybridized carbons (Fsp3) is 0.733. The van der Waals surface area contributed by atoms with E-state index < -0.39 is 54.6 Å². The molecule has 1 aliphatic heterocycles. The van der Waals surface area contributed by atoms with Crippen molar-refractivity contribution in [3.05, 3.63) is 0 Å². The van der Waals surface area contributed by atoms with Crippen LogP contribution in [0.3, 0.4) is 0 Å². The van der Waals surface area contributed by atoms with E-state index in [0.717, 1.165) is 20.8 Å². The molecular formula is C15H22O10. The zero-order chi connectivity index (χ0) is 19.1.